The van der Waals surface area contributed by atoms with Crippen LogP contribution in [0.1, 0.15) is 50.1 Å². The van der Waals surface area contributed by atoms with Crippen molar-refractivity contribution in [2.45, 2.75) is 68.9 Å². The average molecular weight is 334 g/mol. The van der Waals surface area contributed by atoms with Crippen LogP contribution >= 0.6 is 11.8 Å². The van der Waals surface area contributed by atoms with Gasteiger partial charge in [0.05, 0.1) is 6.54 Å². The molecule has 1 fully saturated rings. The number of imidazole rings is 1. The summed E-state index contributed by atoms with van der Waals surface area (Å²) in [7, 11) is 0. The first-order chi connectivity index (χ1) is 11.3. The average Bonchev–Trinajstić information content (AvgIpc) is 3.17. The molecule has 2 aromatic heterocycles. The maximum atomic E-state index is 5.94. The van der Waals surface area contributed by atoms with Crippen LogP contribution in [0.3, 0.4) is 0 Å². The summed E-state index contributed by atoms with van der Waals surface area (Å²) in [5, 5.41) is 5.31. The first kappa shape index (κ1) is 16.7. The summed E-state index contributed by atoms with van der Waals surface area (Å²) in [4.78, 5) is 4.24. The highest BCUT2D eigenvalue weighted by Crippen LogP contribution is 2.34. The van der Waals surface area contributed by atoms with E-state index >= 15 is 0 Å². The molecule has 0 unspecified atom stereocenters. The highest BCUT2D eigenvalue weighted by molar-refractivity contribution is 7.99. The molecular formula is C18H27N3OS. The maximum absolute atomic E-state index is 5.94. The molecule has 1 aliphatic carbocycles. The summed E-state index contributed by atoms with van der Waals surface area (Å²) in [6.45, 7) is 4.86. The minimum absolute atomic E-state index is 0.758. The molecule has 1 aliphatic rings. The topological polar surface area (TPSA) is 43.0 Å². The second-order valence-electron chi connectivity index (χ2n) is 6.30. The van der Waals surface area contributed by atoms with Crippen LogP contribution in [0, 0.1) is 6.92 Å². The monoisotopic (exact) mass is 333 g/mol. The molecule has 2 heterocycles. The van der Waals surface area contributed by atoms with Crippen molar-refractivity contribution >= 4 is 11.8 Å². The summed E-state index contributed by atoms with van der Waals surface area (Å²) in [5.41, 5.74) is 0. The normalized spacial score (nSPS) is 16.0. The minimum atomic E-state index is 0.758. The lowest BCUT2D eigenvalue weighted by Gasteiger charge is -2.19. The Balaban J connectivity index is 1.33. The highest BCUT2D eigenvalue weighted by atomic mass is 32.2. The van der Waals surface area contributed by atoms with Gasteiger partial charge >= 0.3 is 0 Å². The van der Waals surface area contributed by atoms with Gasteiger partial charge in [-0.1, -0.05) is 31.0 Å². The SMILES string of the molecule is Cc1nccn1CCCNCc1ccc(SC2CCCCC2)o1. The predicted octanol–water partition coefficient (Wildman–Crippen LogP) is 4.39. The molecule has 1 N–H and O–H groups in total. The van der Waals surface area contributed by atoms with Gasteiger partial charge in [0, 0.05) is 24.2 Å². The zero-order chi connectivity index (χ0) is 15.9. The van der Waals surface area contributed by atoms with Crippen molar-refractivity contribution in [2.75, 3.05) is 6.54 Å². The van der Waals surface area contributed by atoms with E-state index in [9.17, 15) is 0 Å². The molecule has 2 aromatic rings. The lowest BCUT2D eigenvalue weighted by Crippen LogP contribution is -2.16. The molecule has 0 bridgehead atoms. The second kappa shape index (κ2) is 8.60. The predicted molar refractivity (Wildman–Crippen MR) is 94.7 cm³/mol. The van der Waals surface area contributed by atoms with Gasteiger partial charge in [0.25, 0.3) is 0 Å². The van der Waals surface area contributed by atoms with Crippen molar-refractivity contribution < 1.29 is 4.42 Å². The largest absolute Gasteiger partial charge is 0.454 e. The summed E-state index contributed by atoms with van der Waals surface area (Å²) in [6, 6.07) is 4.24. The Labute approximate surface area is 143 Å². The first-order valence-electron chi connectivity index (χ1n) is 8.75. The number of thioether (sulfide) groups is 1. The second-order valence-corrected chi connectivity index (χ2v) is 7.60. The van der Waals surface area contributed by atoms with E-state index in [-0.39, 0.29) is 0 Å². The van der Waals surface area contributed by atoms with Crippen molar-refractivity contribution in [2.24, 2.45) is 0 Å². The van der Waals surface area contributed by atoms with E-state index < -0.39 is 0 Å². The van der Waals surface area contributed by atoms with Gasteiger partial charge < -0.3 is 14.3 Å². The van der Waals surface area contributed by atoms with E-state index in [0.717, 1.165) is 48.0 Å². The van der Waals surface area contributed by atoms with Crippen molar-refractivity contribution in [1.82, 2.24) is 14.9 Å². The van der Waals surface area contributed by atoms with Gasteiger partial charge in [0.1, 0.15) is 11.6 Å². The zero-order valence-corrected chi connectivity index (χ0v) is 14.8. The Hall–Kier alpha value is -1.20. The van der Waals surface area contributed by atoms with E-state index in [2.05, 4.69) is 27.0 Å². The Bertz CT molecular complexity index is 587. The van der Waals surface area contributed by atoms with E-state index in [4.69, 9.17) is 4.42 Å². The Morgan fingerprint density at radius 2 is 2.17 bits per heavy atom. The van der Waals surface area contributed by atoms with Crippen molar-refractivity contribution in [3.63, 3.8) is 0 Å². The molecule has 5 heteroatoms. The molecule has 1 saturated carbocycles. The van der Waals surface area contributed by atoms with Gasteiger partial charge in [-0.15, -0.1) is 0 Å². The molecule has 0 amide bonds. The van der Waals surface area contributed by atoms with Crippen LogP contribution in [0.5, 0.6) is 0 Å². The molecule has 0 aliphatic heterocycles. The van der Waals surface area contributed by atoms with Gasteiger partial charge in [0.15, 0.2) is 5.09 Å². The summed E-state index contributed by atoms with van der Waals surface area (Å²) < 4.78 is 8.13. The number of aryl methyl sites for hydroxylation is 2. The molecule has 0 spiro atoms. The standard InChI is InChI=1S/C18H27N3OS/c1-15-20-11-13-21(15)12-5-10-19-14-16-8-9-18(22-16)23-17-6-3-2-4-7-17/h8-9,11,13,17,19H,2-7,10,12,14H2,1H3. The molecule has 126 valence electrons. The third-order valence-electron chi connectivity index (χ3n) is 4.45. The number of hydrogen-bond donors (Lipinski definition) is 1. The van der Waals surface area contributed by atoms with Gasteiger partial charge in [-0.3, -0.25) is 0 Å². The number of aromatic nitrogens is 2. The fraction of sp³-hybridized carbons (Fsp3) is 0.611. The van der Waals surface area contributed by atoms with Crippen LogP contribution in [0.2, 0.25) is 0 Å². The van der Waals surface area contributed by atoms with E-state index in [1.807, 2.05) is 31.1 Å². The lowest BCUT2D eigenvalue weighted by atomic mass is 10.0. The fourth-order valence-corrected chi connectivity index (χ4v) is 4.29. The van der Waals surface area contributed by atoms with Crippen molar-refractivity contribution in [1.29, 1.82) is 0 Å². The summed E-state index contributed by atoms with van der Waals surface area (Å²) in [6.07, 6.45) is 11.8. The fourth-order valence-electron chi connectivity index (χ4n) is 3.09. The first-order valence-corrected chi connectivity index (χ1v) is 9.63. The molecule has 23 heavy (non-hydrogen) atoms. The smallest absolute Gasteiger partial charge is 0.160 e. The molecule has 4 nitrogen and oxygen atoms in total. The Morgan fingerprint density at radius 3 is 2.96 bits per heavy atom. The highest BCUT2D eigenvalue weighted by Gasteiger charge is 2.16. The van der Waals surface area contributed by atoms with E-state index in [1.54, 1.807) is 0 Å². The lowest BCUT2D eigenvalue weighted by molar-refractivity contribution is 0.411. The van der Waals surface area contributed by atoms with Gasteiger partial charge in [-0.2, -0.15) is 0 Å². The summed E-state index contributed by atoms with van der Waals surface area (Å²) >= 11 is 1.92. The van der Waals surface area contributed by atoms with Crippen LogP contribution in [-0.4, -0.2) is 21.3 Å². The molecule has 0 aromatic carbocycles. The zero-order valence-electron chi connectivity index (χ0n) is 14.0. The van der Waals surface area contributed by atoms with Crippen LogP contribution in [0.4, 0.5) is 0 Å². The number of rotatable bonds is 8. The number of furan rings is 1. The van der Waals surface area contributed by atoms with Gasteiger partial charge in [-0.25, -0.2) is 4.98 Å². The van der Waals surface area contributed by atoms with E-state index in [1.165, 1.54) is 32.1 Å². The van der Waals surface area contributed by atoms with Crippen molar-refractivity contribution in [3.8, 4) is 0 Å². The molecule has 0 atom stereocenters. The Morgan fingerprint density at radius 1 is 1.30 bits per heavy atom. The van der Waals surface area contributed by atoms with Gasteiger partial charge in [-0.05, 0) is 44.9 Å². The molecule has 0 saturated heterocycles. The minimum Gasteiger partial charge on any atom is -0.454 e. The molecule has 0 radical (unpaired) electrons. The number of nitrogens with zero attached hydrogens (tertiary/aromatic N) is 2. The quantitative estimate of drug-likeness (QED) is 0.728. The number of nitrogens with one attached hydrogen (secondary N) is 1. The van der Waals surface area contributed by atoms with Crippen LogP contribution in [-0.2, 0) is 13.1 Å². The third-order valence-corrected chi connectivity index (χ3v) is 5.70. The molecule has 3 rings (SSSR count). The maximum Gasteiger partial charge on any atom is 0.160 e. The number of hydrogen-bond acceptors (Lipinski definition) is 4. The van der Waals surface area contributed by atoms with Crippen LogP contribution in [0.25, 0.3) is 0 Å². The summed E-state index contributed by atoms with van der Waals surface area (Å²) in [5.74, 6) is 2.13. The third kappa shape index (κ3) is 5.15. The van der Waals surface area contributed by atoms with E-state index in [0.29, 0.717) is 0 Å². The van der Waals surface area contributed by atoms with Crippen LogP contribution in [0.15, 0.2) is 34.0 Å². The van der Waals surface area contributed by atoms with Crippen molar-refractivity contribution in [3.05, 3.63) is 36.1 Å². The van der Waals surface area contributed by atoms with Crippen LogP contribution < -0.4 is 5.32 Å². The Kier molecular flexibility index (Phi) is 6.22. The molecular weight excluding hydrogens is 306 g/mol. The van der Waals surface area contributed by atoms with Gasteiger partial charge in [0.2, 0.25) is 0 Å².